The smallest absolute Gasteiger partial charge is 0.0462 e. The van der Waals surface area contributed by atoms with E-state index < -0.39 is 0 Å². The minimum atomic E-state index is 1.07. The molecule has 0 radical (unpaired) electrons. The Morgan fingerprint density at radius 3 is 1.18 bits per heavy atom. The zero-order chi connectivity index (χ0) is 25.6. The highest BCUT2D eigenvalue weighted by Crippen LogP contribution is 2.36. The van der Waals surface area contributed by atoms with Gasteiger partial charge in [0.1, 0.15) is 0 Å². The third-order valence-corrected chi connectivity index (χ3v) is 6.86. The van der Waals surface area contributed by atoms with Crippen LogP contribution in [0.15, 0.2) is 163 Å². The van der Waals surface area contributed by atoms with Crippen LogP contribution in [-0.4, -0.2) is 0 Å². The molecule has 5 aromatic carbocycles. The molecule has 1 aliphatic rings. The summed E-state index contributed by atoms with van der Waals surface area (Å²) in [7, 11) is 0. The van der Waals surface area contributed by atoms with Crippen LogP contribution in [0.2, 0.25) is 0 Å². The van der Waals surface area contributed by atoms with Gasteiger partial charge in [-0.3, -0.25) is 0 Å². The minimum absolute atomic E-state index is 1.07. The van der Waals surface area contributed by atoms with E-state index in [4.69, 9.17) is 0 Å². The number of para-hydroxylation sites is 3. The van der Waals surface area contributed by atoms with E-state index >= 15 is 0 Å². The average Bonchev–Trinajstić information content (AvgIpc) is 3.00. The molecule has 38 heavy (non-hydrogen) atoms. The fraction of sp³-hybridized carbons (Fsp3) is 0.0556. The third-order valence-electron chi connectivity index (χ3n) is 6.86. The Morgan fingerprint density at radius 2 is 0.763 bits per heavy atom. The van der Waals surface area contributed by atoms with E-state index in [0.29, 0.717) is 0 Å². The maximum absolute atomic E-state index is 2.33. The fourth-order valence-corrected chi connectivity index (χ4v) is 5.00. The van der Waals surface area contributed by atoms with Crippen LogP contribution < -0.4 is 9.80 Å². The summed E-state index contributed by atoms with van der Waals surface area (Å²) < 4.78 is 0. The number of nitrogens with zero attached hydrogens (tertiary/aromatic N) is 2. The molecule has 184 valence electrons. The zero-order valence-electron chi connectivity index (χ0n) is 21.3. The second-order valence-corrected chi connectivity index (χ2v) is 9.38. The topological polar surface area (TPSA) is 6.48 Å². The van der Waals surface area contributed by atoms with E-state index in [0.717, 1.165) is 35.6 Å². The van der Waals surface area contributed by atoms with Gasteiger partial charge in [0, 0.05) is 34.1 Å². The summed E-state index contributed by atoms with van der Waals surface area (Å²) in [5.74, 6) is 0. The highest BCUT2D eigenvalue weighted by molar-refractivity contribution is 5.79. The maximum atomic E-state index is 2.33. The van der Waals surface area contributed by atoms with Crippen LogP contribution in [0, 0.1) is 0 Å². The van der Waals surface area contributed by atoms with Crippen LogP contribution in [0.3, 0.4) is 0 Å². The standard InChI is InChI=1S/C36H30N2/c1-5-13-31(14-6-1)37(32-15-7-2-8-16-32)35-25-21-29(22-26-35)30-23-27-36(28-24-30)38(33-17-9-3-10-18-33)34-19-11-4-12-20-34/h1-3,5-11,13-28H,4,12H2. The lowest BCUT2D eigenvalue weighted by atomic mass is 10.0. The van der Waals surface area contributed by atoms with Crippen molar-refractivity contribution < 1.29 is 0 Å². The van der Waals surface area contributed by atoms with Crippen molar-refractivity contribution in [1.29, 1.82) is 0 Å². The van der Waals surface area contributed by atoms with Crippen LogP contribution in [0.1, 0.15) is 12.8 Å². The second-order valence-electron chi connectivity index (χ2n) is 9.38. The molecule has 2 heteroatoms. The summed E-state index contributed by atoms with van der Waals surface area (Å²) in [5, 5.41) is 0. The van der Waals surface area contributed by atoms with Crippen LogP contribution in [0.5, 0.6) is 0 Å². The molecule has 0 saturated carbocycles. The normalized spacial score (nSPS) is 12.6. The lowest BCUT2D eigenvalue weighted by Crippen LogP contribution is -2.16. The van der Waals surface area contributed by atoms with Gasteiger partial charge < -0.3 is 9.80 Å². The molecule has 0 fully saturated rings. The summed E-state index contributed by atoms with van der Waals surface area (Å²) >= 11 is 0. The minimum Gasteiger partial charge on any atom is -0.311 e. The number of benzene rings is 5. The van der Waals surface area contributed by atoms with Gasteiger partial charge in [0.2, 0.25) is 0 Å². The van der Waals surface area contributed by atoms with Gasteiger partial charge in [0.25, 0.3) is 0 Å². The molecule has 6 rings (SSSR count). The summed E-state index contributed by atoms with van der Waals surface area (Å²) in [4.78, 5) is 4.62. The van der Waals surface area contributed by atoms with Crippen molar-refractivity contribution in [3.05, 3.63) is 163 Å². The summed E-state index contributed by atoms with van der Waals surface area (Å²) in [6.07, 6.45) is 8.99. The maximum Gasteiger partial charge on any atom is 0.0462 e. The average molecular weight is 491 g/mol. The SMILES string of the molecule is C1=CC(N(c2ccccc2)c2ccc(-c3ccc(N(c4ccccc4)c4ccccc4)cc3)cc2)=CCC1. The van der Waals surface area contributed by atoms with E-state index in [-0.39, 0.29) is 0 Å². The molecule has 2 nitrogen and oxygen atoms in total. The van der Waals surface area contributed by atoms with E-state index in [1.165, 1.54) is 22.5 Å². The van der Waals surface area contributed by atoms with Gasteiger partial charge in [-0.05, 0) is 90.7 Å². The molecule has 1 aliphatic carbocycles. The van der Waals surface area contributed by atoms with Crippen molar-refractivity contribution in [2.75, 3.05) is 9.80 Å². The largest absolute Gasteiger partial charge is 0.311 e. The van der Waals surface area contributed by atoms with Crippen LogP contribution in [-0.2, 0) is 0 Å². The van der Waals surface area contributed by atoms with Crippen LogP contribution in [0.25, 0.3) is 11.1 Å². The van der Waals surface area contributed by atoms with Gasteiger partial charge in [-0.15, -0.1) is 0 Å². The Labute approximate surface area is 225 Å². The van der Waals surface area contributed by atoms with Crippen molar-refractivity contribution in [3.8, 4) is 11.1 Å². The molecule has 0 unspecified atom stereocenters. The van der Waals surface area contributed by atoms with Crippen molar-refractivity contribution >= 4 is 28.4 Å². The zero-order valence-corrected chi connectivity index (χ0v) is 21.3. The van der Waals surface area contributed by atoms with E-state index in [1.807, 2.05) is 0 Å². The molecule has 0 amide bonds. The van der Waals surface area contributed by atoms with Gasteiger partial charge in [-0.25, -0.2) is 0 Å². The third kappa shape index (κ3) is 5.02. The van der Waals surface area contributed by atoms with Gasteiger partial charge in [-0.1, -0.05) is 91.0 Å². The van der Waals surface area contributed by atoms with Crippen molar-refractivity contribution in [3.63, 3.8) is 0 Å². The van der Waals surface area contributed by atoms with E-state index in [1.54, 1.807) is 0 Å². The highest BCUT2D eigenvalue weighted by atomic mass is 15.1. The predicted octanol–water partition coefficient (Wildman–Crippen LogP) is 10.2. The Bertz CT molecular complexity index is 1480. The Morgan fingerprint density at radius 1 is 0.368 bits per heavy atom. The monoisotopic (exact) mass is 490 g/mol. The number of anilines is 5. The van der Waals surface area contributed by atoms with Gasteiger partial charge in [0.05, 0.1) is 0 Å². The Balaban J connectivity index is 1.30. The number of allylic oxidation sites excluding steroid dienone is 3. The molecule has 0 spiro atoms. The van der Waals surface area contributed by atoms with Crippen molar-refractivity contribution in [1.82, 2.24) is 0 Å². The quantitative estimate of drug-likeness (QED) is 0.224. The highest BCUT2D eigenvalue weighted by Gasteiger charge is 2.15. The fourth-order valence-electron chi connectivity index (χ4n) is 5.00. The van der Waals surface area contributed by atoms with Gasteiger partial charge >= 0.3 is 0 Å². The first-order valence-corrected chi connectivity index (χ1v) is 13.2. The second kappa shape index (κ2) is 11.1. The summed E-state index contributed by atoms with van der Waals surface area (Å²) in [6.45, 7) is 0. The van der Waals surface area contributed by atoms with E-state index in [2.05, 4.69) is 168 Å². The Kier molecular flexibility index (Phi) is 6.86. The molecule has 0 heterocycles. The summed E-state index contributed by atoms with van der Waals surface area (Å²) in [6, 6.07) is 49.4. The summed E-state index contributed by atoms with van der Waals surface area (Å²) in [5.41, 5.74) is 9.37. The van der Waals surface area contributed by atoms with Gasteiger partial charge in [0.15, 0.2) is 0 Å². The van der Waals surface area contributed by atoms with Gasteiger partial charge in [-0.2, -0.15) is 0 Å². The van der Waals surface area contributed by atoms with Crippen molar-refractivity contribution in [2.45, 2.75) is 12.8 Å². The Hall–Kier alpha value is -4.82. The molecule has 0 aromatic heterocycles. The molecular formula is C36H30N2. The molecule has 0 saturated heterocycles. The molecule has 0 N–H and O–H groups in total. The number of hydrogen-bond donors (Lipinski definition) is 0. The van der Waals surface area contributed by atoms with Crippen molar-refractivity contribution in [2.24, 2.45) is 0 Å². The molecule has 0 aliphatic heterocycles. The van der Waals surface area contributed by atoms with E-state index in [9.17, 15) is 0 Å². The lowest BCUT2D eigenvalue weighted by Gasteiger charge is -2.28. The lowest BCUT2D eigenvalue weighted by molar-refractivity contribution is 0.997. The first-order chi connectivity index (χ1) is 18.9. The first-order valence-electron chi connectivity index (χ1n) is 13.2. The van der Waals surface area contributed by atoms with Crippen LogP contribution in [0.4, 0.5) is 28.4 Å². The van der Waals surface area contributed by atoms with Crippen LogP contribution >= 0.6 is 0 Å². The molecule has 0 atom stereocenters. The first kappa shape index (κ1) is 23.6. The number of rotatable bonds is 7. The predicted molar refractivity (Wildman–Crippen MR) is 162 cm³/mol. The molecular weight excluding hydrogens is 460 g/mol. The molecule has 0 bridgehead atoms. The number of hydrogen-bond acceptors (Lipinski definition) is 2. The molecule has 5 aromatic rings.